The second-order valence-electron chi connectivity index (χ2n) is 5.10. The third-order valence-corrected chi connectivity index (χ3v) is 3.68. The van der Waals surface area contributed by atoms with Crippen molar-refractivity contribution in [3.63, 3.8) is 0 Å². The van der Waals surface area contributed by atoms with Crippen LogP contribution < -0.4 is 5.32 Å². The summed E-state index contributed by atoms with van der Waals surface area (Å²) in [6.45, 7) is 7.04. The summed E-state index contributed by atoms with van der Waals surface area (Å²) in [7, 11) is 0. The second kappa shape index (κ2) is 6.67. The van der Waals surface area contributed by atoms with Gasteiger partial charge in [-0.1, -0.05) is 50.2 Å². The summed E-state index contributed by atoms with van der Waals surface area (Å²) < 4.78 is 13.6. The van der Waals surface area contributed by atoms with E-state index < -0.39 is 0 Å². The third kappa shape index (κ3) is 3.26. The van der Waals surface area contributed by atoms with Gasteiger partial charge in [0.15, 0.2) is 0 Å². The first-order valence-electron chi connectivity index (χ1n) is 7.25. The van der Waals surface area contributed by atoms with E-state index in [2.05, 4.69) is 43.4 Å². The normalized spacial score (nSPS) is 12.4. The Morgan fingerprint density at radius 2 is 1.65 bits per heavy atom. The van der Waals surface area contributed by atoms with E-state index in [9.17, 15) is 4.39 Å². The molecule has 2 heteroatoms. The molecular formula is C18H22FN. The lowest BCUT2D eigenvalue weighted by atomic mass is 9.99. The minimum atomic E-state index is -0.148. The van der Waals surface area contributed by atoms with Gasteiger partial charge in [0.2, 0.25) is 0 Å². The zero-order chi connectivity index (χ0) is 14.5. The quantitative estimate of drug-likeness (QED) is 0.818. The maximum Gasteiger partial charge on any atom is 0.126 e. The van der Waals surface area contributed by atoms with Crippen molar-refractivity contribution >= 4 is 0 Å². The Morgan fingerprint density at radius 3 is 2.20 bits per heavy atom. The van der Waals surface area contributed by atoms with Gasteiger partial charge in [0.05, 0.1) is 0 Å². The number of hydrogen-bond acceptors (Lipinski definition) is 1. The van der Waals surface area contributed by atoms with E-state index in [-0.39, 0.29) is 5.82 Å². The summed E-state index contributed by atoms with van der Waals surface area (Å²) >= 11 is 0. The summed E-state index contributed by atoms with van der Waals surface area (Å²) in [5, 5.41) is 3.46. The van der Waals surface area contributed by atoms with Gasteiger partial charge in [-0.05, 0) is 48.2 Å². The Bertz CT molecular complexity index is 560. The third-order valence-electron chi connectivity index (χ3n) is 3.68. The molecule has 0 spiro atoms. The van der Waals surface area contributed by atoms with Gasteiger partial charge >= 0.3 is 0 Å². The molecule has 0 aliphatic carbocycles. The van der Waals surface area contributed by atoms with Crippen LogP contribution in [-0.4, -0.2) is 6.54 Å². The Kier molecular flexibility index (Phi) is 4.91. The van der Waals surface area contributed by atoms with Gasteiger partial charge in [-0.15, -0.1) is 0 Å². The van der Waals surface area contributed by atoms with Crippen LogP contribution in [0.25, 0.3) is 11.1 Å². The Morgan fingerprint density at radius 1 is 1.00 bits per heavy atom. The highest BCUT2D eigenvalue weighted by Crippen LogP contribution is 2.24. The van der Waals surface area contributed by atoms with Crippen LogP contribution in [0, 0.1) is 12.7 Å². The number of benzene rings is 2. The average molecular weight is 271 g/mol. The zero-order valence-corrected chi connectivity index (χ0v) is 12.4. The van der Waals surface area contributed by atoms with Gasteiger partial charge < -0.3 is 5.32 Å². The van der Waals surface area contributed by atoms with Crippen LogP contribution in [0.1, 0.15) is 37.4 Å². The van der Waals surface area contributed by atoms with Crippen LogP contribution in [-0.2, 0) is 0 Å². The van der Waals surface area contributed by atoms with Crippen molar-refractivity contribution in [2.45, 2.75) is 33.2 Å². The molecule has 0 aliphatic rings. The van der Waals surface area contributed by atoms with Crippen molar-refractivity contribution < 1.29 is 4.39 Å². The highest BCUT2D eigenvalue weighted by molar-refractivity contribution is 5.64. The molecule has 2 aromatic carbocycles. The molecule has 0 radical (unpaired) electrons. The fraction of sp³-hybridized carbons (Fsp3) is 0.333. The summed E-state index contributed by atoms with van der Waals surface area (Å²) in [5.41, 5.74) is 3.95. The molecule has 2 aromatic rings. The molecule has 20 heavy (non-hydrogen) atoms. The number of rotatable bonds is 5. The van der Waals surface area contributed by atoms with Crippen LogP contribution in [0.5, 0.6) is 0 Å². The topological polar surface area (TPSA) is 12.0 Å². The average Bonchev–Trinajstić information content (AvgIpc) is 2.48. The van der Waals surface area contributed by atoms with E-state index in [4.69, 9.17) is 0 Å². The molecule has 0 bridgehead atoms. The summed E-state index contributed by atoms with van der Waals surface area (Å²) in [5.74, 6) is -0.148. The van der Waals surface area contributed by atoms with Gasteiger partial charge in [-0.2, -0.15) is 0 Å². The van der Waals surface area contributed by atoms with Crippen LogP contribution >= 0.6 is 0 Å². The molecule has 2 rings (SSSR count). The Hall–Kier alpha value is -1.67. The standard InChI is InChI=1S/C18H22FN/c1-4-18(20-5-2)15-10-8-14(9-11-15)16-7-6-13(3)17(19)12-16/h6-12,18,20H,4-5H2,1-3H3. The monoisotopic (exact) mass is 271 g/mol. The van der Waals surface area contributed by atoms with E-state index >= 15 is 0 Å². The maximum absolute atomic E-state index is 13.6. The van der Waals surface area contributed by atoms with Crippen LogP contribution in [0.4, 0.5) is 4.39 Å². The van der Waals surface area contributed by atoms with E-state index in [1.165, 1.54) is 5.56 Å². The van der Waals surface area contributed by atoms with E-state index in [0.29, 0.717) is 11.6 Å². The number of nitrogens with one attached hydrogen (secondary N) is 1. The first-order chi connectivity index (χ1) is 9.65. The molecule has 1 N–H and O–H groups in total. The van der Waals surface area contributed by atoms with Crippen molar-refractivity contribution in [1.82, 2.24) is 5.32 Å². The van der Waals surface area contributed by atoms with Crippen molar-refractivity contribution in [2.24, 2.45) is 0 Å². The van der Waals surface area contributed by atoms with E-state index in [1.54, 1.807) is 13.0 Å². The predicted molar refractivity (Wildman–Crippen MR) is 83.3 cm³/mol. The summed E-state index contributed by atoms with van der Waals surface area (Å²) in [6, 6.07) is 14.2. The van der Waals surface area contributed by atoms with Crippen molar-refractivity contribution in [3.8, 4) is 11.1 Å². The number of hydrogen-bond donors (Lipinski definition) is 1. The van der Waals surface area contributed by atoms with Crippen LogP contribution in [0.15, 0.2) is 42.5 Å². The zero-order valence-electron chi connectivity index (χ0n) is 12.4. The van der Waals surface area contributed by atoms with Crippen molar-refractivity contribution in [3.05, 3.63) is 59.4 Å². The van der Waals surface area contributed by atoms with Crippen molar-refractivity contribution in [2.75, 3.05) is 6.54 Å². The first-order valence-corrected chi connectivity index (χ1v) is 7.25. The highest BCUT2D eigenvalue weighted by Gasteiger charge is 2.08. The van der Waals surface area contributed by atoms with E-state index in [1.807, 2.05) is 12.1 Å². The SMILES string of the molecule is CCNC(CC)c1ccc(-c2ccc(C)c(F)c2)cc1. The molecule has 106 valence electrons. The van der Waals surface area contributed by atoms with Gasteiger partial charge in [0.25, 0.3) is 0 Å². The Labute approximate surface area is 120 Å². The molecule has 0 fully saturated rings. The molecule has 1 unspecified atom stereocenters. The summed E-state index contributed by atoms with van der Waals surface area (Å²) in [4.78, 5) is 0. The number of aryl methyl sites for hydroxylation is 1. The predicted octanol–water partition coefficient (Wildman–Crippen LogP) is 4.86. The summed E-state index contributed by atoms with van der Waals surface area (Å²) in [6.07, 6.45) is 1.06. The molecule has 1 nitrogen and oxygen atoms in total. The van der Waals surface area contributed by atoms with Crippen LogP contribution in [0.2, 0.25) is 0 Å². The fourth-order valence-electron chi connectivity index (χ4n) is 2.42. The smallest absolute Gasteiger partial charge is 0.126 e. The lowest BCUT2D eigenvalue weighted by Gasteiger charge is -2.16. The largest absolute Gasteiger partial charge is 0.310 e. The highest BCUT2D eigenvalue weighted by atomic mass is 19.1. The minimum Gasteiger partial charge on any atom is -0.310 e. The molecule has 0 aliphatic heterocycles. The van der Waals surface area contributed by atoms with Gasteiger partial charge in [-0.3, -0.25) is 0 Å². The first kappa shape index (κ1) is 14.7. The molecule has 0 aromatic heterocycles. The number of halogens is 1. The maximum atomic E-state index is 13.6. The molecular weight excluding hydrogens is 249 g/mol. The van der Waals surface area contributed by atoms with Gasteiger partial charge in [0, 0.05) is 6.04 Å². The van der Waals surface area contributed by atoms with Gasteiger partial charge in [0.1, 0.15) is 5.82 Å². The Balaban J connectivity index is 2.25. The lowest BCUT2D eigenvalue weighted by molar-refractivity contribution is 0.537. The lowest BCUT2D eigenvalue weighted by Crippen LogP contribution is -2.19. The van der Waals surface area contributed by atoms with Crippen molar-refractivity contribution in [1.29, 1.82) is 0 Å². The second-order valence-corrected chi connectivity index (χ2v) is 5.10. The molecule has 0 amide bonds. The van der Waals surface area contributed by atoms with E-state index in [0.717, 1.165) is 24.1 Å². The molecule has 0 saturated carbocycles. The molecule has 0 saturated heterocycles. The van der Waals surface area contributed by atoms with Crippen LogP contribution in [0.3, 0.4) is 0 Å². The molecule has 1 atom stereocenters. The van der Waals surface area contributed by atoms with Gasteiger partial charge in [-0.25, -0.2) is 4.39 Å². The minimum absolute atomic E-state index is 0.148. The molecule has 0 heterocycles. The fourth-order valence-corrected chi connectivity index (χ4v) is 2.42.